The number of aryl methyl sites for hydroxylation is 1. The Morgan fingerprint density at radius 1 is 1.33 bits per heavy atom. The molecule has 8 heteroatoms. The van der Waals surface area contributed by atoms with Crippen LogP contribution in [0, 0.1) is 6.92 Å². The SMILES string of the molecule is C=CC(=O)N[C@H](NC(=S)Nc1ccccc1C)C(Cl)(Cl)Cl. The van der Waals surface area contributed by atoms with Crippen LogP contribution in [0.3, 0.4) is 0 Å². The maximum atomic E-state index is 11.4. The van der Waals surface area contributed by atoms with E-state index >= 15 is 0 Å². The van der Waals surface area contributed by atoms with Crippen LogP contribution in [0.2, 0.25) is 0 Å². The number of rotatable bonds is 4. The zero-order valence-electron chi connectivity index (χ0n) is 11.1. The van der Waals surface area contributed by atoms with Crippen LogP contribution < -0.4 is 16.0 Å². The van der Waals surface area contributed by atoms with Gasteiger partial charge in [0.05, 0.1) is 0 Å². The highest BCUT2D eigenvalue weighted by molar-refractivity contribution is 7.80. The lowest BCUT2D eigenvalue weighted by Crippen LogP contribution is -2.55. The van der Waals surface area contributed by atoms with E-state index in [9.17, 15) is 4.79 Å². The van der Waals surface area contributed by atoms with E-state index in [0.717, 1.165) is 17.3 Å². The third-order valence-corrected chi connectivity index (χ3v) is 3.34. The number of para-hydroxylation sites is 1. The van der Waals surface area contributed by atoms with Gasteiger partial charge in [0.25, 0.3) is 0 Å². The van der Waals surface area contributed by atoms with E-state index in [2.05, 4.69) is 22.5 Å². The number of halogens is 3. The number of nitrogens with one attached hydrogen (secondary N) is 3. The van der Waals surface area contributed by atoms with E-state index in [1.165, 1.54) is 0 Å². The van der Waals surface area contributed by atoms with Gasteiger partial charge in [-0.25, -0.2) is 0 Å². The molecule has 0 bridgehead atoms. The Morgan fingerprint density at radius 3 is 2.48 bits per heavy atom. The molecule has 0 radical (unpaired) electrons. The van der Waals surface area contributed by atoms with Crippen LogP contribution in [0.1, 0.15) is 5.56 Å². The number of benzene rings is 1. The monoisotopic (exact) mass is 365 g/mol. The van der Waals surface area contributed by atoms with Crippen molar-refractivity contribution in [2.45, 2.75) is 16.9 Å². The van der Waals surface area contributed by atoms with Crippen molar-refractivity contribution in [1.29, 1.82) is 0 Å². The predicted octanol–water partition coefficient (Wildman–Crippen LogP) is 3.28. The Balaban J connectivity index is 2.75. The van der Waals surface area contributed by atoms with Crippen molar-refractivity contribution in [3.8, 4) is 0 Å². The number of alkyl halides is 3. The Hall–Kier alpha value is -1.01. The van der Waals surface area contributed by atoms with Crippen molar-refractivity contribution in [3.05, 3.63) is 42.5 Å². The maximum Gasteiger partial charge on any atom is 0.245 e. The minimum atomic E-state index is -1.78. The van der Waals surface area contributed by atoms with Crippen LogP contribution in [0.15, 0.2) is 36.9 Å². The van der Waals surface area contributed by atoms with E-state index in [4.69, 9.17) is 47.0 Å². The maximum absolute atomic E-state index is 11.4. The van der Waals surface area contributed by atoms with Gasteiger partial charge < -0.3 is 16.0 Å². The molecule has 0 spiro atoms. The minimum Gasteiger partial charge on any atom is -0.339 e. The summed E-state index contributed by atoms with van der Waals surface area (Å²) in [6, 6.07) is 7.56. The normalized spacial score (nSPS) is 12.2. The molecule has 0 aliphatic carbocycles. The molecule has 1 amide bonds. The van der Waals surface area contributed by atoms with E-state index in [1.54, 1.807) is 0 Å². The largest absolute Gasteiger partial charge is 0.339 e. The summed E-state index contributed by atoms with van der Waals surface area (Å²) in [5, 5.41) is 8.37. The van der Waals surface area contributed by atoms with Crippen molar-refractivity contribution in [2.75, 3.05) is 5.32 Å². The molecule has 1 aromatic carbocycles. The first-order valence-corrected chi connectivity index (χ1v) is 7.41. The Labute approximate surface area is 143 Å². The van der Waals surface area contributed by atoms with Crippen molar-refractivity contribution < 1.29 is 4.79 Å². The molecular formula is C13H14Cl3N3OS. The number of carbonyl (C=O) groups excluding carboxylic acids is 1. The van der Waals surface area contributed by atoms with Crippen molar-refractivity contribution in [3.63, 3.8) is 0 Å². The van der Waals surface area contributed by atoms with Crippen LogP contribution in [-0.4, -0.2) is 21.0 Å². The summed E-state index contributed by atoms with van der Waals surface area (Å²) in [7, 11) is 0. The molecule has 0 saturated carbocycles. The third kappa shape index (κ3) is 6.09. The first-order chi connectivity index (χ1) is 9.74. The number of hydrogen-bond acceptors (Lipinski definition) is 2. The molecule has 1 rings (SSSR count). The van der Waals surface area contributed by atoms with Gasteiger partial charge in [-0.1, -0.05) is 59.6 Å². The van der Waals surface area contributed by atoms with Gasteiger partial charge in [0, 0.05) is 5.69 Å². The lowest BCUT2D eigenvalue weighted by atomic mass is 10.2. The van der Waals surface area contributed by atoms with Crippen molar-refractivity contribution >= 4 is 63.7 Å². The molecule has 0 heterocycles. The number of amides is 1. The zero-order chi connectivity index (χ0) is 16.0. The number of thiocarbonyl (C=S) groups is 1. The summed E-state index contributed by atoms with van der Waals surface area (Å²) < 4.78 is -1.78. The topological polar surface area (TPSA) is 53.2 Å². The van der Waals surface area contributed by atoms with Crippen LogP contribution >= 0.6 is 47.0 Å². The first kappa shape index (κ1) is 18.0. The molecule has 114 valence electrons. The number of anilines is 1. The second-order valence-corrected chi connectivity index (χ2v) is 6.88. The molecule has 0 saturated heterocycles. The predicted molar refractivity (Wildman–Crippen MR) is 93.0 cm³/mol. The average molecular weight is 367 g/mol. The minimum absolute atomic E-state index is 0.213. The summed E-state index contributed by atoms with van der Waals surface area (Å²) in [6.07, 6.45) is 0.0696. The van der Waals surface area contributed by atoms with Gasteiger partial charge in [0.2, 0.25) is 9.70 Å². The summed E-state index contributed by atoms with van der Waals surface area (Å²) in [5.74, 6) is -0.488. The van der Waals surface area contributed by atoms with Crippen LogP contribution in [0.25, 0.3) is 0 Å². The van der Waals surface area contributed by atoms with Gasteiger partial charge in [0.1, 0.15) is 6.17 Å². The molecule has 3 N–H and O–H groups in total. The lowest BCUT2D eigenvalue weighted by Gasteiger charge is -2.27. The number of hydrogen-bond donors (Lipinski definition) is 3. The molecule has 0 unspecified atom stereocenters. The molecular weight excluding hydrogens is 353 g/mol. The Bertz CT molecular complexity index is 546. The van der Waals surface area contributed by atoms with Gasteiger partial charge >= 0.3 is 0 Å². The summed E-state index contributed by atoms with van der Waals surface area (Å²) in [4.78, 5) is 11.4. The van der Waals surface area contributed by atoms with E-state index in [0.29, 0.717) is 0 Å². The summed E-state index contributed by atoms with van der Waals surface area (Å²) in [5.41, 5.74) is 1.82. The van der Waals surface area contributed by atoms with Gasteiger partial charge in [0.15, 0.2) is 5.11 Å². The van der Waals surface area contributed by atoms with Crippen LogP contribution in [0.4, 0.5) is 5.69 Å². The second-order valence-electron chi connectivity index (χ2n) is 4.10. The molecule has 0 aliphatic rings. The average Bonchev–Trinajstić information content (AvgIpc) is 2.39. The molecule has 1 aromatic rings. The third-order valence-electron chi connectivity index (χ3n) is 2.47. The molecule has 0 aliphatic heterocycles. The van der Waals surface area contributed by atoms with Crippen molar-refractivity contribution in [1.82, 2.24) is 10.6 Å². The number of carbonyl (C=O) groups is 1. The first-order valence-electron chi connectivity index (χ1n) is 5.87. The Kier molecular flexibility index (Phi) is 6.74. The van der Waals surface area contributed by atoms with Crippen LogP contribution in [0.5, 0.6) is 0 Å². The highest BCUT2D eigenvalue weighted by Gasteiger charge is 2.34. The highest BCUT2D eigenvalue weighted by Crippen LogP contribution is 2.29. The quantitative estimate of drug-likeness (QED) is 0.331. The fourth-order valence-corrected chi connectivity index (χ4v) is 1.96. The molecule has 0 fully saturated rings. The van der Waals surface area contributed by atoms with Crippen LogP contribution in [-0.2, 0) is 4.79 Å². The molecule has 1 atom stereocenters. The van der Waals surface area contributed by atoms with E-state index in [1.807, 2.05) is 31.2 Å². The van der Waals surface area contributed by atoms with E-state index in [-0.39, 0.29) is 5.11 Å². The van der Waals surface area contributed by atoms with E-state index < -0.39 is 15.9 Å². The van der Waals surface area contributed by atoms with Gasteiger partial charge in [-0.15, -0.1) is 0 Å². The van der Waals surface area contributed by atoms with Gasteiger partial charge in [-0.2, -0.15) is 0 Å². The van der Waals surface area contributed by atoms with Gasteiger partial charge in [-0.05, 0) is 36.8 Å². The second kappa shape index (κ2) is 7.84. The van der Waals surface area contributed by atoms with Crippen molar-refractivity contribution in [2.24, 2.45) is 0 Å². The smallest absolute Gasteiger partial charge is 0.245 e. The zero-order valence-corrected chi connectivity index (χ0v) is 14.2. The summed E-state index contributed by atoms with van der Waals surface area (Å²) in [6.45, 7) is 5.26. The molecule has 0 aromatic heterocycles. The van der Waals surface area contributed by atoms with Gasteiger partial charge in [-0.3, -0.25) is 4.79 Å². The Morgan fingerprint density at radius 2 is 1.95 bits per heavy atom. The highest BCUT2D eigenvalue weighted by atomic mass is 35.6. The fourth-order valence-electron chi connectivity index (χ4n) is 1.40. The summed E-state index contributed by atoms with van der Waals surface area (Å²) >= 11 is 22.6. The lowest BCUT2D eigenvalue weighted by molar-refractivity contribution is -0.117. The standard InChI is InChI=1S/C13H14Cl3N3OS/c1-3-10(20)18-11(13(14,15)16)19-12(21)17-9-7-5-4-6-8(9)2/h3-7,11H,1H2,2H3,(H,18,20)(H2,17,19,21)/t11-/m1/s1. The molecule has 4 nitrogen and oxygen atoms in total. The molecule has 21 heavy (non-hydrogen) atoms. The fraction of sp³-hybridized carbons (Fsp3) is 0.231.